The molecule has 1 saturated carbocycles. The lowest BCUT2D eigenvalue weighted by Crippen LogP contribution is -2.58. The molecule has 0 saturated heterocycles. The summed E-state index contributed by atoms with van der Waals surface area (Å²) in [5.74, 6) is 0.991. The van der Waals surface area contributed by atoms with Gasteiger partial charge in [0.1, 0.15) is 5.58 Å². The first-order valence-electron chi connectivity index (χ1n) is 35.4. The maximum absolute atomic E-state index is 8.07. The molecule has 0 bridgehead atoms. The Morgan fingerprint density at radius 2 is 0.844 bits per heavy atom. The number of fused-ring (bicyclic) bond motifs is 14. The van der Waals surface area contributed by atoms with Crippen LogP contribution in [0, 0.1) is 13.8 Å². The molecule has 2 atom stereocenters. The van der Waals surface area contributed by atoms with E-state index in [0.717, 1.165) is 43.6 Å². The Balaban J connectivity index is 1.10. The van der Waals surface area contributed by atoms with Gasteiger partial charge in [0.05, 0.1) is 5.54 Å². The number of anilines is 7. The number of hydrogen-bond acceptors (Lipinski definition) is 4. The summed E-state index contributed by atoms with van der Waals surface area (Å²) >= 11 is 0. The van der Waals surface area contributed by atoms with Crippen LogP contribution in [0.3, 0.4) is 0 Å². The Morgan fingerprint density at radius 3 is 1.39 bits per heavy atom. The minimum Gasteiger partial charge on any atom is -0.440 e. The van der Waals surface area contributed by atoms with E-state index in [1.807, 2.05) is 0 Å². The van der Waals surface area contributed by atoms with Crippen molar-refractivity contribution < 1.29 is 4.42 Å². The van der Waals surface area contributed by atoms with Gasteiger partial charge in [0.2, 0.25) is 5.88 Å². The number of allylic oxidation sites excluding steroid dienone is 1. The first-order chi connectivity index (χ1) is 41.9. The Kier molecular flexibility index (Phi) is 11.7. The third-order valence-corrected chi connectivity index (χ3v) is 27.4. The van der Waals surface area contributed by atoms with Crippen LogP contribution in [0.5, 0.6) is 0 Å². The highest BCUT2D eigenvalue weighted by Crippen LogP contribution is 2.66. The van der Waals surface area contributed by atoms with Crippen LogP contribution in [-0.4, -0.2) is 12.3 Å². The van der Waals surface area contributed by atoms with Crippen molar-refractivity contribution in [2.45, 2.75) is 289 Å². The number of aryl methyl sites for hydroxylation is 2. The lowest BCUT2D eigenvalue weighted by Gasteiger charge is -2.51. The Morgan fingerprint density at radius 1 is 0.389 bits per heavy atom. The predicted octanol–water partition coefficient (Wildman–Crippen LogP) is 22.0. The van der Waals surface area contributed by atoms with Crippen LogP contribution in [0.4, 0.5) is 40.0 Å². The zero-order chi connectivity index (χ0) is 63.9. The molecule has 4 heterocycles. The van der Waals surface area contributed by atoms with Crippen LogP contribution >= 0.6 is 0 Å². The third-order valence-electron chi connectivity index (χ3n) is 27.4. The topological polar surface area (TPSA) is 22.9 Å². The monoisotopic (exact) mass is 1190 g/mol. The summed E-state index contributed by atoms with van der Waals surface area (Å²) in [4.78, 5) is 8.47. The molecule has 0 N–H and O–H groups in total. The van der Waals surface area contributed by atoms with E-state index in [0.29, 0.717) is 0 Å². The van der Waals surface area contributed by atoms with Crippen LogP contribution < -0.4 is 25.6 Å². The molecule has 1 aromatic heterocycles. The highest BCUT2D eigenvalue weighted by molar-refractivity contribution is 6.97. The van der Waals surface area contributed by atoms with Gasteiger partial charge in [-0.1, -0.05) is 174 Å². The first-order valence-corrected chi connectivity index (χ1v) is 35.4. The van der Waals surface area contributed by atoms with Gasteiger partial charge < -0.3 is 14.2 Å². The van der Waals surface area contributed by atoms with Crippen molar-refractivity contribution in [1.29, 1.82) is 0 Å². The van der Waals surface area contributed by atoms with Crippen LogP contribution in [0.25, 0.3) is 16.7 Å². The molecule has 1 fully saturated rings. The van der Waals surface area contributed by atoms with E-state index in [1.165, 1.54) is 173 Å². The summed E-state index contributed by atoms with van der Waals surface area (Å²) in [5, 5.41) is 1.28. The number of benzene rings is 6. The van der Waals surface area contributed by atoms with Crippen molar-refractivity contribution in [3.8, 4) is 0 Å². The van der Waals surface area contributed by atoms with E-state index in [2.05, 4.69) is 252 Å². The largest absolute Gasteiger partial charge is 0.440 e. The number of nitrogens with zero attached hydrogens (tertiary/aromatic N) is 3. The summed E-state index contributed by atoms with van der Waals surface area (Å²) in [6, 6.07) is 36.6. The van der Waals surface area contributed by atoms with Crippen molar-refractivity contribution in [2.24, 2.45) is 0 Å². The SMILES string of the molecule is Cc1cc(C)c2c(c1)N(c1cc3c4c(c1)N(c1ccc5c(c1)C(C)(C)CCC5(C)C)c1oc5cc6c(cc5c1B4C1=C(c4cc5c(cc4C1(C)C)C(C)(C)CCC5(C)C)N3c1ccc3c(c1)C(C)(C)CCC3(C)C)C(C)(C)CCC6(C)C)C1(C)CCCCC21C. The van der Waals surface area contributed by atoms with Crippen LogP contribution in [0.1, 0.15) is 288 Å². The fourth-order valence-corrected chi connectivity index (χ4v) is 21.1. The smallest absolute Gasteiger partial charge is 0.253 e. The van der Waals surface area contributed by atoms with Crippen LogP contribution in [0.2, 0.25) is 0 Å². The Hall–Kier alpha value is -5.94. The first kappa shape index (κ1) is 59.1. The van der Waals surface area contributed by atoms with Crippen molar-refractivity contribution in [3.63, 3.8) is 0 Å². The fourth-order valence-electron chi connectivity index (χ4n) is 21.1. The van der Waals surface area contributed by atoms with Gasteiger partial charge in [-0.15, -0.1) is 0 Å². The van der Waals surface area contributed by atoms with E-state index >= 15 is 0 Å². The third kappa shape index (κ3) is 7.62. The maximum atomic E-state index is 8.07. The van der Waals surface area contributed by atoms with Crippen LogP contribution in [-0.2, 0) is 54.1 Å². The summed E-state index contributed by atoms with van der Waals surface area (Å²) < 4.78 is 8.07. The van der Waals surface area contributed by atoms with Gasteiger partial charge in [-0.2, -0.15) is 0 Å². The number of hydrogen-bond donors (Lipinski definition) is 0. The number of furan rings is 1. The van der Waals surface area contributed by atoms with Gasteiger partial charge in [0.25, 0.3) is 6.71 Å². The average Bonchev–Trinajstić information content (AvgIpc) is 1.45. The van der Waals surface area contributed by atoms with Gasteiger partial charge in [0.15, 0.2) is 0 Å². The van der Waals surface area contributed by atoms with Gasteiger partial charge >= 0.3 is 0 Å². The molecule has 4 nitrogen and oxygen atoms in total. The average molecular weight is 1190 g/mol. The van der Waals surface area contributed by atoms with Crippen LogP contribution in [0.15, 0.2) is 94.8 Å². The summed E-state index contributed by atoms with van der Waals surface area (Å²) in [6.45, 7) is 55.2. The van der Waals surface area contributed by atoms with E-state index in [9.17, 15) is 0 Å². The summed E-state index contributed by atoms with van der Waals surface area (Å²) in [7, 11) is 0. The van der Waals surface area contributed by atoms with Crippen molar-refractivity contribution >= 4 is 74.3 Å². The second-order valence-electron chi connectivity index (χ2n) is 37.2. The van der Waals surface area contributed by atoms with Gasteiger partial charge in [-0.3, -0.25) is 4.90 Å². The Labute approximate surface area is 542 Å². The van der Waals surface area contributed by atoms with E-state index in [4.69, 9.17) is 4.42 Å². The molecule has 6 aliphatic carbocycles. The number of rotatable bonds is 3. The molecule has 16 rings (SSSR count). The fraction of sp³-hybridized carbons (Fsp3) is 0.529. The van der Waals surface area contributed by atoms with E-state index in [1.54, 1.807) is 5.56 Å². The molecular formula is C85H104BN3O. The highest BCUT2D eigenvalue weighted by Gasteiger charge is 2.61. The van der Waals surface area contributed by atoms with Gasteiger partial charge in [0, 0.05) is 67.1 Å². The summed E-state index contributed by atoms with van der Waals surface area (Å²) in [6.07, 6.45) is 14.1. The molecule has 5 heteroatoms. The predicted molar refractivity (Wildman–Crippen MR) is 384 cm³/mol. The van der Waals surface area contributed by atoms with Gasteiger partial charge in [-0.25, -0.2) is 0 Å². The standard InChI is InChI=1S/C85H104BN3O/c1-49-39-50(2)69-65(40-49)89(85(22)30-24-23-29-84(69,85)21)53-43-66-71-67(44-53)88(52-26-28-57-60(42-52)78(9,10)34-32-76(57,5)6)74-70(55-46-62-64(48-68(55)90-74)82(17,18)38-36-80(62,13)14)86(71)73-72(87(66)51-25-27-56-59(41-51)77(7,8)33-31-75(56,3)4)54-45-61-63(47-58(54)83(73,19)20)81(15,16)37-35-79(61,11)12/h25-28,39-48H,23-24,29-38H2,1-22H3. The molecule has 3 aliphatic heterocycles. The highest BCUT2D eigenvalue weighted by atomic mass is 16.4. The van der Waals surface area contributed by atoms with Crippen molar-refractivity contribution in [1.82, 2.24) is 0 Å². The second-order valence-corrected chi connectivity index (χ2v) is 37.2. The Bertz CT molecular complexity index is 4390. The van der Waals surface area contributed by atoms with Crippen molar-refractivity contribution in [2.75, 3.05) is 14.7 Å². The van der Waals surface area contributed by atoms with Crippen molar-refractivity contribution in [3.05, 3.63) is 163 Å². The summed E-state index contributed by atoms with van der Waals surface area (Å²) in [5.41, 5.74) is 33.1. The lowest BCUT2D eigenvalue weighted by molar-refractivity contribution is 0.194. The maximum Gasteiger partial charge on any atom is 0.253 e. The molecular weight excluding hydrogens is 1090 g/mol. The van der Waals surface area contributed by atoms with E-state index in [-0.39, 0.29) is 66.4 Å². The second kappa shape index (κ2) is 17.8. The molecule has 0 amide bonds. The zero-order valence-corrected chi connectivity index (χ0v) is 59.4. The zero-order valence-electron chi connectivity index (χ0n) is 59.4. The van der Waals surface area contributed by atoms with Gasteiger partial charge in [-0.05, 0) is 261 Å². The molecule has 2 unspecified atom stereocenters. The molecule has 90 heavy (non-hydrogen) atoms. The minimum atomic E-state index is -0.371. The van der Waals surface area contributed by atoms with E-state index < -0.39 is 0 Å². The normalized spacial score (nSPS) is 26.3. The molecule has 7 aromatic rings. The molecule has 0 radical (unpaired) electrons. The molecule has 9 aliphatic rings. The quantitative estimate of drug-likeness (QED) is 0.165. The molecule has 468 valence electrons. The lowest BCUT2D eigenvalue weighted by atomic mass is 9.30. The minimum absolute atomic E-state index is 0.00296. The molecule has 0 spiro atoms. The molecule has 6 aromatic carbocycles.